The van der Waals surface area contributed by atoms with E-state index < -0.39 is 0 Å². The zero-order chi connectivity index (χ0) is 16.7. The minimum atomic E-state index is 0.0169. The van der Waals surface area contributed by atoms with Crippen LogP contribution in [0.15, 0.2) is 53.1 Å². The van der Waals surface area contributed by atoms with Gasteiger partial charge in [0.25, 0.3) is 5.91 Å². The minimum Gasteiger partial charge on any atom is -0.339 e. The Morgan fingerprint density at radius 2 is 1.92 bits per heavy atom. The predicted octanol–water partition coefficient (Wildman–Crippen LogP) is 3.64. The van der Waals surface area contributed by atoms with E-state index >= 15 is 0 Å². The fourth-order valence-corrected chi connectivity index (χ4v) is 3.19. The quantitative estimate of drug-likeness (QED) is 0.723. The van der Waals surface area contributed by atoms with Gasteiger partial charge in [0.1, 0.15) is 0 Å². The van der Waals surface area contributed by atoms with Crippen LogP contribution in [0.2, 0.25) is 0 Å². The van der Waals surface area contributed by atoms with Crippen LogP contribution in [-0.4, -0.2) is 22.1 Å². The molecule has 2 aromatic carbocycles. The lowest BCUT2D eigenvalue weighted by atomic mass is 10.1. The molecule has 4 rings (SSSR count). The van der Waals surface area contributed by atoms with E-state index in [9.17, 15) is 4.79 Å². The van der Waals surface area contributed by atoms with Crippen molar-refractivity contribution in [2.24, 2.45) is 0 Å². The van der Waals surface area contributed by atoms with Crippen molar-refractivity contribution in [1.29, 1.82) is 0 Å². The molecule has 0 spiro atoms. The van der Waals surface area contributed by atoms with Gasteiger partial charge in [0, 0.05) is 29.8 Å². The third-order valence-corrected chi connectivity index (χ3v) is 4.34. The number of para-hydroxylation sites is 1. The lowest BCUT2D eigenvalue weighted by molar-refractivity contribution is 0.0981. The van der Waals surface area contributed by atoms with E-state index in [0.717, 1.165) is 17.7 Å². The molecule has 0 aliphatic carbocycles. The van der Waals surface area contributed by atoms with Crippen molar-refractivity contribution < 1.29 is 9.32 Å². The molecule has 1 amide bonds. The minimum absolute atomic E-state index is 0.0169. The molecule has 0 saturated heterocycles. The van der Waals surface area contributed by atoms with Crippen molar-refractivity contribution in [1.82, 2.24) is 10.1 Å². The molecular weight excluding hydrogens is 302 g/mol. The monoisotopic (exact) mass is 319 g/mol. The maximum absolute atomic E-state index is 12.9. The lowest BCUT2D eigenvalue weighted by Gasteiger charge is -2.22. The number of benzene rings is 2. The molecule has 0 unspecified atom stereocenters. The van der Waals surface area contributed by atoms with Gasteiger partial charge in [-0.15, -0.1) is 0 Å². The second kappa shape index (κ2) is 5.60. The van der Waals surface area contributed by atoms with Crippen molar-refractivity contribution >= 4 is 11.6 Å². The molecule has 1 aromatic heterocycles. The van der Waals surface area contributed by atoms with Crippen molar-refractivity contribution in [3.8, 4) is 11.4 Å². The molecule has 1 aliphatic rings. The standard InChI is InChI=1S/C19H17N3O2/c1-12-11-16-5-3-4-6-17(16)22(12)19(23)15-9-7-14(8-10-15)18-20-13(2)24-21-18/h3-10,12H,11H2,1-2H3/t12-/m0/s1. The normalized spacial score (nSPS) is 16.2. The van der Waals surface area contributed by atoms with E-state index in [-0.39, 0.29) is 11.9 Å². The van der Waals surface area contributed by atoms with Crippen LogP contribution in [0.25, 0.3) is 11.4 Å². The second-order valence-corrected chi connectivity index (χ2v) is 6.07. The summed E-state index contributed by atoms with van der Waals surface area (Å²) in [7, 11) is 0. The predicted molar refractivity (Wildman–Crippen MR) is 90.9 cm³/mol. The van der Waals surface area contributed by atoms with E-state index in [1.165, 1.54) is 5.56 Å². The first kappa shape index (κ1) is 14.6. The van der Waals surface area contributed by atoms with Crippen molar-refractivity contribution in [2.45, 2.75) is 26.3 Å². The molecule has 0 bridgehead atoms. The van der Waals surface area contributed by atoms with Gasteiger partial charge in [-0.3, -0.25) is 4.79 Å². The van der Waals surface area contributed by atoms with Crippen LogP contribution < -0.4 is 4.90 Å². The third-order valence-electron chi connectivity index (χ3n) is 4.34. The summed E-state index contributed by atoms with van der Waals surface area (Å²) < 4.78 is 4.99. The van der Waals surface area contributed by atoms with E-state index in [2.05, 4.69) is 23.1 Å². The first-order valence-electron chi connectivity index (χ1n) is 7.95. The number of amides is 1. The first-order chi connectivity index (χ1) is 11.6. The summed E-state index contributed by atoms with van der Waals surface area (Å²) in [5.74, 6) is 1.07. The van der Waals surface area contributed by atoms with Crippen molar-refractivity contribution in [2.75, 3.05) is 4.90 Å². The number of fused-ring (bicyclic) bond motifs is 1. The molecule has 1 aliphatic heterocycles. The van der Waals surface area contributed by atoms with Gasteiger partial charge in [-0.05, 0) is 37.1 Å². The maximum Gasteiger partial charge on any atom is 0.258 e. The Hall–Kier alpha value is -2.95. The first-order valence-corrected chi connectivity index (χ1v) is 7.95. The number of hydrogen-bond acceptors (Lipinski definition) is 4. The maximum atomic E-state index is 12.9. The number of hydrogen-bond donors (Lipinski definition) is 0. The van der Waals surface area contributed by atoms with Gasteiger partial charge < -0.3 is 9.42 Å². The van der Waals surface area contributed by atoms with Gasteiger partial charge in [-0.1, -0.05) is 35.5 Å². The molecule has 0 fully saturated rings. The van der Waals surface area contributed by atoms with E-state index in [1.807, 2.05) is 47.4 Å². The largest absolute Gasteiger partial charge is 0.339 e. The zero-order valence-corrected chi connectivity index (χ0v) is 13.6. The average molecular weight is 319 g/mol. The highest BCUT2D eigenvalue weighted by atomic mass is 16.5. The summed E-state index contributed by atoms with van der Waals surface area (Å²) in [4.78, 5) is 19.0. The molecule has 2 heterocycles. The molecule has 120 valence electrons. The van der Waals surface area contributed by atoms with Crippen molar-refractivity contribution in [3.63, 3.8) is 0 Å². The molecule has 5 heteroatoms. The summed E-state index contributed by atoms with van der Waals surface area (Å²) in [5.41, 5.74) is 3.71. The van der Waals surface area contributed by atoms with E-state index in [0.29, 0.717) is 17.3 Å². The number of carbonyl (C=O) groups excluding carboxylic acids is 1. The molecule has 0 saturated carbocycles. The van der Waals surface area contributed by atoms with Crippen LogP contribution in [0.1, 0.15) is 28.7 Å². The summed E-state index contributed by atoms with van der Waals surface area (Å²) in [5, 5.41) is 3.90. The Labute approximate surface area is 139 Å². The smallest absolute Gasteiger partial charge is 0.258 e. The fraction of sp³-hybridized carbons (Fsp3) is 0.211. The number of carbonyl (C=O) groups is 1. The average Bonchev–Trinajstić information content (AvgIpc) is 3.17. The Kier molecular flexibility index (Phi) is 3.41. The Bertz CT molecular complexity index is 899. The fourth-order valence-electron chi connectivity index (χ4n) is 3.19. The molecular formula is C19H17N3O2. The van der Waals surface area contributed by atoms with Gasteiger partial charge >= 0.3 is 0 Å². The molecule has 3 aromatic rings. The third kappa shape index (κ3) is 2.38. The lowest BCUT2D eigenvalue weighted by Crippen LogP contribution is -2.35. The number of rotatable bonds is 2. The molecule has 1 atom stereocenters. The number of aryl methyl sites for hydroxylation is 1. The van der Waals surface area contributed by atoms with E-state index in [1.54, 1.807) is 6.92 Å². The Morgan fingerprint density at radius 1 is 1.17 bits per heavy atom. The summed E-state index contributed by atoms with van der Waals surface area (Å²) in [6.45, 7) is 3.83. The summed E-state index contributed by atoms with van der Waals surface area (Å²) in [6.07, 6.45) is 0.891. The Morgan fingerprint density at radius 3 is 2.62 bits per heavy atom. The SMILES string of the molecule is Cc1nc(-c2ccc(C(=O)N3c4ccccc4C[C@@H]3C)cc2)no1. The highest BCUT2D eigenvalue weighted by Crippen LogP contribution is 2.33. The van der Waals surface area contributed by atoms with Gasteiger partial charge in [0.05, 0.1) is 0 Å². The van der Waals surface area contributed by atoms with Crippen LogP contribution in [0, 0.1) is 6.92 Å². The van der Waals surface area contributed by atoms with E-state index in [4.69, 9.17) is 4.52 Å². The zero-order valence-electron chi connectivity index (χ0n) is 13.6. The Balaban J connectivity index is 1.63. The second-order valence-electron chi connectivity index (χ2n) is 6.07. The van der Waals surface area contributed by atoms with Crippen LogP contribution in [0.3, 0.4) is 0 Å². The van der Waals surface area contributed by atoms with Crippen LogP contribution in [-0.2, 0) is 6.42 Å². The summed E-state index contributed by atoms with van der Waals surface area (Å²) in [6, 6.07) is 15.6. The number of aromatic nitrogens is 2. The molecule has 0 radical (unpaired) electrons. The highest BCUT2D eigenvalue weighted by molar-refractivity contribution is 6.07. The van der Waals surface area contributed by atoms with Crippen LogP contribution in [0.5, 0.6) is 0 Å². The van der Waals surface area contributed by atoms with Gasteiger partial charge in [-0.25, -0.2) is 0 Å². The highest BCUT2D eigenvalue weighted by Gasteiger charge is 2.31. The summed E-state index contributed by atoms with van der Waals surface area (Å²) >= 11 is 0. The van der Waals surface area contributed by atoms with Crippen LogP contribution in [0.4, 0.5) is 5.69 Å². The van der Waals surface area contributed by atoms with Crippen molar-refractivity contribution in [3.05, 3.63) is 65.5 Å². The number of anilines is 1. The van der Waals surface area contributed by atoms with Gasteiger partial charge in [-0.2, -0.15) is 4.98 Å². The molecule has 0 N–H and O–H groups in total. The number of nitrogens with zero attached hydrogens (tertiary/aromatic N) is 3. The molecule has 5 nitrogen and oxygen atoms in total. The van der Waals surface area contributed by atoms with Gasteiger partial charge in [0.2, 0.25) is 11.7 Å². The topological polar surface area (TPSA) is 59.2 Å². The van der Waals surface area contributed by atoms with Crippen LogP contribution >= 0.6 is 0 Å². The van der Waals surface area contributed by atoms with Gasteiger partial charge in [0.15, 0.2) is 0 Å². The molecule has 24 heavy (non-hydrogen) atoms.